The number of nitrogens with zero attached hydrogens (tertiary/aromatic N) is 2. The number of hydrogen-bond acceptors (Lipinski definition) is 4. The van der Waals surface area contributed by atoms with Crippen LogP contribution in [0.15, 0.2) is 42.5 Å². The second kappa shape index (κ2) is 5.85. The van der Waals surface area contributed by atoms with Crippen LogP contribution in [0, 0.1) is 10.1 Å². The van der Waals surface area contributed by atoms with Gasteiger partial charge >= 0.3 is 5.69 Å². The number of aromatic nitrogens is 2. The van der Waals surface area contributed by atoms with E-state index in [-0.39, 0.29) is 11.4 Å². The second-order valence-corrected chi connectivity index (χ2v) is 4.85. The summed E-state index contributed by atoms with van der Waals surface area (Å²) < 4.78 is 5.45. The predicted molar refractivity (Wildman–Crippen MR) is 83.2 cm³/mol. The van der Waals surface area contributed by atoms with Gasteiger partial charge in [0.1, 0.15) is 11.3 Å². The first-order valence-electron chi connectivity index (χ1n) is 7.01. The van der Waals surface area contributed by atoms with E-state index in [0.717, 1.165) is 16.9 Å². The van der Waals surface area contributed by atoms with Crippen LogP contribution in [0.4, 0.5) is 5.69 Å². The summed E-state index contributed by atoms with van der Waals surface area (Å²) in [4.78, 5) is 18.4. The predicted octanol–water partition coefficient (Wildman–Crippen LogP) is 3.46. The summed E-state index contributed by atoms with van der Waals surface area (Å²) in [7, 11) is 0. The van der Waals surface area contributed by atoms with Crippen LogP contribution in [-0.4, -0.2) is 21.5 Å². The van der Waals surface area contributed by atoms with Gasteiger partial charge in [-0.1, -0.05) is 30.3 Å². The minimum Gasteiger partial charge on any atom is -0.486 e. The number of nitro benzene ring substituents is 1. The third-order valence-corrected chi connectivity index (χ3v) is 3.34. The van der Waals surface area contributed by atoms with Crippen molar-refractivity contribution in [3.8, 4) is 5.75 Å². The van der Waals surface area contributed by atoms with E-state index < -0.39 is 4.92 Å². The van der Waals surface area contributed by atoms with Crippen LogP contribution in [0.3, 0.4) is 0 Å². The molecule has 112 valence electrons. The fourth-order valence-corrected chi connectivity index (χ4v) is 2.39. The van der Waals surface area contributed by atoms with Gasteiger partial charge in [-0.25, -0.2) is 4.98 Å². The third-order valence-electron chi connectivity index (χ3n) is 3.34. The molecule has 0 aliphatic carbocycles. The topological polar surface area (TPSA) is 81.0 Å². The first-order chi connectivity index (χ1) is 10.7. The van der Waals surface area contributed by atoms with E-state index in [1.54, 1.807) is 13.0 Å². The maximum atomic E-state index is 11.1. The Morgan fingerprint density at radius 2 is 2.00 bits per heavy atom. The minimum absolute atomic E-state index is 0.0629. The Labute approximate surface area is 126 Å². The zero-order chi connectivity index (χ0) is 15.5. The van der Waals surface area contributed by atoms with Gasteiger partial charge < -0.3 is 9.72 Å². The van der Waals surface area contributed by atoms with Crippen LogP contribution >= 0.6 is 0 Å². The lowest BCUT2D eigenvalue weighted by molar-refractivity contribution is -0.385. The van der Waals surface area contributed by atoms with E-state index in [1.807, 2.05) is 30.3 Å². The molecule has 3 rings (SSSR count). The molecule has 0 saturated carbocycles. The van der Waals surface area contributed by atoms with Crippen LogP contribution in [-0.2, 0) is 6.42 Å². The van der Waals surface area contributed by atoms with Crippen molar-refractivity contribution >= 4 is 16.7 Å². The number of benzene rings is 2. The first kappa shape index (κ1) is 14.1. The fraction of sp³-hybridized carbons (Fsp3) is 0.188. The molecule has 0 bridgehead atoms. The van der Waals surface area contributed by atoms with Crippen LogP contribution in [0.1, 0.15) is 18.3 Å². The Balaban J connectivity index is 2.05. The van der Waals surface area contributed by atoms with Crippen molar-refractivity contribution in [2.45, 2.75) is 13.3 Å². The molecule has 1 heterocycles. The highest BCUT2D eigenvalue weighted by atomic mass is 16.6. The maximum Gasteiger partial charge on any atom is 0.313 e. The molecule has 0 atom stereocenters. The van der Waals surface area contributed by atoms with Gasteiger partial charge in [0, 0.05) is 12.5 Å². The fourth-order valence-electron chi connectivity index (χ4n) is 2.39. The smallest absolute Gasteiger partial charge is 0.313 e. The number of nitro groups is 1. The van der Waals surface area contributed by atoms with Crippen molar-refractivity contribution in [3.05, 3.63) is 64.0 Å². The quantitative estimate of drug-likeness (QED) is 0.577. The van der Waals surface area contributed by atoms with Crippen molar-refractivity contribution in [1.29, 1.82) is 0 Å². The Morgan fingerprint density at radius 3 is 2.68 bits per heavy atom. The Hall–Kier alpha value is -2.89. The van der Waals surface area contributed by atoms with Gasteiger partial charge in [0.15, 0.2) is 0 Å². The highest BCUT2D eigenvalue weighted by Gasteiger charge is 2.21. The monoisotopic (exact) mass is 297 g/mol. The van der Waals surface area contributed by atoms with Gasteiger partial charge in [-0.05, 0) is 18.6 Å². The molecule has 6 heteroatoms. The van der Waals surface area contributed by atoms with Gasteiger partial charge in [-0.15, -0.1) is 0 Å². The molecule has 2 aromatic carbocycles. The zero-order valence-corrected chi connectivity index (χ0v) is 12.1. The lowest BCUT2D eigenvalue weighted by atomic mass is 10.1. The molecule has 0 aliphatic heterocycles. The highest BCUT2D eigenvalue weighted by Crippen LogP contribution is 2.34. The Kier molecular flexibility index (Phi) is 3.74. The average molecular weight is 297 g/mol. The first-order valence-corrected chi connectivity index (χ1v) is 7.01. The summed E-state index contributed by atoms with van der Waals surface area (Å²) in [5.41, 5.74) is 2.29. The average Bonchev–Trinajstić information content (AvgIpc) is 2.91. The van der Waals surface area contributed by atoms with Crippen LogP contribution in [0.5, 0.6) is 5.75 Å². The molecule has 0 fully saturated rings. The summed E-state index contributed by atoms with van der Waals surface area (Å²) in [5, 5.41) is 11.1. The SMILES string of the molecule is CCOc1c([N+](=O)[O-])ccc2[nH]c(Cc3ccccc3)nc12. The number of imidazole rings is 1. The van der Waals surface area contributed by atoms with Gasteiger partial charge in [-0.3, -0.25) is 10.1 Å². The zero-order valence-electron chi connectivity index (χ0n) is 12.1. The number of H-pyrrole nitrogens is 1. The van der Waals surface area contributed by atoms with Gasteiger partial charge in [0.05, 0.1) is 17.0 Å². The second-order valence-electron chi connectivity index (χ2n) is 4.85. The van der Waals surface area contributed by atoms with Crippen molar-refractivity contribution in [1.82, 2.24) is 9.97 Å². The molecule has 22 heavy (non-hydrogen) atoms. The molecule has 0 saturated heterocycles. The molecule has 0 spiro atoms. The standard InChI is InChI=1S/C16H15N3O3/c1-2-22-16-13(19(20)21)9-8-12-15(16)18-14(17-12)10-11-6-4-3-5-7-11/h3-9H,2,10H2,1H3,(H,17,18). The Morgan fingerprint density at radius 1 is 1.23 bits per heavy atom. The van der Waals surface area contributed by atoms with Crippen LogP contribution < -0.4 is 4.74 Å². The molecular formula is C16H15N3O3. The van der Waals surface area contributed by atoms with Gasteiger partial charge in [0.2, 0.25) is 5.75 Å². The molecular weight excluding hydrogens is 282 g/mol. The summed E-state index contributed by atoms with van der Waals surface area (Å²) in [6, 6.07) is 13.0. The molecule has 0 amide bonds. The molecule has 3 aromatic rings. The molecule has 1 aromatic heterocycles. The Bertz CT molecular complexity index is 812. The van der Waals surface area contributed by atoms with Gasteiger partial charge in [0.25, 0.3) is 0 Å². The largest absolute Gasteiger partial charge is 0.486 e. The lowest BCUT2D eigenvalue weighted by Gasteiger charge is -2.04. The molecule has 0 radical (unpaired) electrons. The van der Waals surface area contributed by atoms with Crippen LogP contribution in [0.25, 0.3) is 11.0 Å². The van der Waals surface area contributed by atoms with Crippen molar-refractivity contribution in [3.63, 3.8) is 0 Å². The van der Waals surface area contributed by atoms with E-state index in [2.05, 4.69) is 9.97 Å². The number of aromatic amines is 1. The molecule has 1 N–H and O–H groups in total. The van der Waals surface area contributed by atoms with Crippen LogP contribution in [0.2, 0.25) is 0 Å². The number of fused-ring (bicyclic) bond motifs is 1. The van der Waals surface area contributed by atoms with Crippen molar-refractivity contribution in [2.75, 3.05) is 6.61 Å². The third kappa shape index (κ3) is 2.63. The van der Waals surface area contributed by atoms with Crippen molar-refractivity contribution in [2.24, 2.45) is 0 Å². The minimum atomic E-state index is -0.448. The van der Waals surface area contributed by atoms with Gasteiger partial charge in [-0.2, -0.15) is 0 Å². The summed E-state index contributed by atoms with van der Waals surface area (Å²) in [6.07, 6.45) is 0.634. The number of hydrogen-bond donors (Lipinski definition) is 1. The molecule has 0 unspecified atom stereocenters. The van der Waals surface area contributed by atoms with E-state index in [0.29, 0.717) is 18.5 Å². The number of rotatable bonds is 5. The normalized spacial score (nSPS) is 10.8. The lowest BCUT2D eigenvalue weighted by Crippen LogP contribution is -1.98. The van der Waals surface area contributed by atoms with E-state index in [9.17, 15) is 10.1 Å². The number of ether oxygens (including phenoxy) is 1. The molecule has 0 aliphatic rings. The van der Waals surface area contributed by atoms with Crippen molar-refractivity contribution < 1.29 is 9.66 Å². The van der Waals surface area contributed by atoms with E-state index >= 15 is 0 Å². The molecule has 6 nitrogen and oxygen atoms in total. The van der Waals surface area contributed by atoms with E-state index in [4.69, 9.17) is 4.74 Å². The summed E-state index contributed by atoms with van der Waals surface area (Å²) in [6.45, 7) is 2.14. The highest BCUT2D eigenvalue weighted by molar-refractivity contribution is 5.86. The maximum absolute atomic E-state index is 11.1. The summed E-state index contributed by atoms with van der Waals surface area (Å²) in [5.74, 6) is 0.975. The summed E-state index contributed by atoms with van der Waals surface area (Å²) >= 11 is 0. The number of nitrogens with one attached hydrogen (secondary N) is 1. The van der Waals surface area contributed by atoms with E-state index in [1.165, 1.54) is 6.07 Å².